The molecule has 0 spiro atoms. The van der Waals surface area contributed by atoms with Crippen molar-refractivity contribution >= 4 is 0 Å². The van der Waals surface area contributed by atoms with Gasteiger partial charge in [0.25, 0.3) is 0 Å². The molecule has 0 radical (unpaired) electrons. The van der Waals surface area contributed by atoms with Gasteiger partial charge >= 0.3 is 6.18 Å². The summed E-state index contributed by atoms with van der Waals surface area (Å²) in [4.78, 5) is 0. The lowest BCUT2D eigenvalue weighted by Gasteiger charge is -2.37. The minimum absolute atomic E-state index is 0.0592. The van der Waals surface area contributed by atoms with E-state index in [0.717, 1.165) is 17.7 Å². The summed E-state index contributed by atoms with van der Waals surface area (Å²) in [7, 11) is 0. The van der Waals surface area contributed by atoms with E-state index >= 15 is 0 Å². The Kier molecular flexibility index (Phi) is 3.38. The fraction of sp³-hybridized carbons (Fsp3) is 0.538. The summed E-state index contributed by atoms with van der Waals surface area (Å²) in [6, 6.07) is 5.17. The van der Waals surface area contributed by atoms with Crippen LogP contribution < -0.4 is 5.32 Å². The van der Waals surface area contributed by atoms with Crippen molar-refractivity contribution in [2.75, 3.05) is 13.2 Å². The number of ether oxygens (including phenoxy) is 1. The molecule has 0 aromatic heterocycles. The molecule has 2 nitrogen and oxygen atoms in total. The van der Waals surface area contributed by atoms with Gasteiger partial charge in [-0.25, -0.2) is 0 Å². The van der Waals surface area contributed by atoms with Crippen molar-refractivity contribution in [2.45, 2.75) is 31.6 Å². The Morgan fingerprint density at radius 1 is 1.22 bits per heavy atom. The van der Waals surface area contributed by atoms with E-state index in [1.165, 1.54) is 12.1 Å². The van der Waals surface area contributed by atoms with E-state index in [2.05, 4.69) is 5.32 Å². The Labute approximate surface area is 104 Å². The first-order valence-electron chi connectivity index (χ1n) is 5.80. The Hall–Kier alpha value is -1.07. The van der Waals surface area contributed by atoms with Crippen molar-refractivity contribution in [3.05, 3.63) is 35.4 Å². The molecule has 18 heavy (non-hydrogen) atoms. The molecule has 1 heterocycles. The van der Waals surface area contributed by atoms with Crippen molar-refractivity contribution in [3.63, 3.8) is 0 Å². The topological polar surface area (TPSA) is 21.3 Å². The third-order valence-electron chi connectivity index (χ3n) is 2.95. The summed E-state index contributed by atoms with van der Waals surface area (Å²) >= 11 is 0. The Morgan fingerprint density at radius 2 is 1.83 bits per heavy atom. The van der Waals surface area contributed by atoms with Gasteiger partial charge < -0.3 is 10.1 Å². The van der Waals surface area contributed by atoms with Gasteiger partial charge in [-0.15, -0.1) is 0 Å². The third kappa shape index (κ3) is 3.03. The standard InChI is InChI=1S/C13H16F3NO/c1-12(2)8-18-7-11(17-12)9-3-5-10(6-4-9)13(14,15)16/h3-6,11,17H,7-8H2,1-2H3. The van der Waals surface area contributed by atoms with E-state index in [1.54, 1.807) is 0 Å². The maximum Gasteiger partial charge on any atom is 0.416 e. The van der Waals surface area contributed by atoms with Crippen molar-refractivity contribution < 1.29 is 17.9 Å². The number of hydrogen-bond donors (Lipinski definition) is 1. The summed E-state index contributed by atoms with van der Waals surface area (Å²) < 4.78 is 42.8. The quantitative estimate of drug-likeness (QED) is 0.836. The summed E-state index contributed by atoms with van der Waals surface area (Å²) in [6.45, 7) is 5.09. The number of rotatable bonds is 1. The second-order valence-corrected chi connectivity index (χ2v) is 5.22. The lowest BCUT2D eigenvalue weighted by Crippen LogP contribution is -2.51. The van der Waals surface area contributed by atoms with Crippen LogP contribution in [0.15, 0.2) is 24.3 Å². The average Bonchev–Trinajstić information content (AvgIpc) is 2.27. The monoisotopic (exact) mass is 259 g/mol. The Balaban J connectivity index is 2.15. The highest BCUT2D eigenvalue weighted by molar-refractivity contribution is 5.27. The molecular formula is C13H16F3NO. The second kappa shape index (κ2) is 4.55. The first-order valence-corrected chi connectivity index (χ1v) is 5.80. The predicted molar refractivity (Wildman–Crippen MR) is 62.2 cm³/mol. The fourth-order valence-electron chi connectivity index (χ4n) is 2.07. The molecule has 1 fully saturated rings. The molecule has 5 heteroatoms. The highest BCUT2D eigenvalue weighted by Crippen LogP contribution is 2.30. The summed E-state index contributed by atoms with van der Waals surface area (Å²) in [5.41, 5.74) is 0.0315. The van der Waals surface area contributed by atoms with Gasteiger partial charge in [-0.3, -0.25) is 0 Å². The number of halogens is 3. The molecule has 100 valence electrons. The molecular weight excluding hydrogens is 243 g/mol. The second-order valence-electron chi connectivity index (χ2n) is 5.22. The molecule has 1 atom stereocenters. The van der Waals surface area contributed by atoms with Crippen LogP contribution in [0.25, 0.3) is 0 Å². The average molecular weight is 259 g/mol. The molecule has 1 aliphatic rings. The zero-order valence-electron chi connectivity index (χ0n) is 10.3. The largest absolute Gasteiger partial charge is 0.416 e. The van der Waals surface area contributed by atoms with Crippen molar-refractivity contribution in [3.8, 4) is 0 Å². The number of benzene rings is 1. The van der Waals surface area contributed by atoms with Gasteiger partial charge in [-0.2, -0.15) is 13.2 Å². The molecule has 1 unspecified atom stereocenters. The van der Waals surface area contributed by atoms with Gasteiger partial charge in [0.15, 0.2) is 0 Å². The molecule has 0 bridgehead atoms. The van der Waals surface area contributed by atoms with Gasteiger partial charge in [0.2, 0.25) is 0 Å². The van der Waals surface area contributed by atoms with Gasteiger partial charge in [-0.05, 0) is 31.5 Å². The number of hydrogen-bond acceptors (Lipinski definition) is 2. The molecule has 1 aromatic rings. The van der Waals surface area contributed by atoms with Crippen LogP contribution >= 0.6 is 0 Å². The molecule has 1 aromatic carbocycles. The van der Waals surface area contributed by atoms with Gasteiger partial charge in [0.1, 0.15) is 0 Å². The molecule has 1 N–H and O–H groups in total. The minimum atomic E-state index is -4.28. The smallest absolute Gasteiger partial charge is 0.378 e. The van der Waals surface area contributed by atoms with Crippen LogP contribution in [0.4, 0.5) is 13.2 Å². The van der Waals surface area contributed by atoms with Crippen LogP contribution in [0.1, 0.15) is 31.0 Å². The van der Waals surface area contributed by atoms with E-state index < -0.39 is 11.7 Å². The number of alkyl halides is 3. The van der Waals surface area contributed by atoms with Gasteiger partial charge in [0.05, 0.1) is 24.8 Å². The Morgan fingerprint density at radius 3 is 2.33 bits per heavy atom. The predicted octanol–water partition coefficient (Wildman–Crippen LogP) is 3.14. The minimum Gasteiger partial charge on any atom is -0.378 e. The molecule has 0 aliphatic carbocycles. The van der Waals surface area contributed by atoms with Crippen LogP contribution in [0.5, 0.6) is 0 Å². The molecule has 1 aliphatic heterocycles. The van der Waals surface area contributed by atoms with Crippen molar-refractivity contribution in [2.24, 2.45) is 0 Å². The number of nitrogens with one attached hydrogen (secondary N) is 1. The lowest BCUT2D eigenvalue weighted by atomic mass is 9.98. The van der Waals surface area contributed by atoms with Crippen LogP contribution in [0, 0.1) is 0 Å². The molecule has 0 saturated carbocycles. The molecule has 2 rings (SSSR count). The van der Waals surface area contributed by atoms with Crippen molar-refractivity contribution in [1.29, 1.82) is 0 Å². The van der Waals surface area contributed by atoms with E-state index in [1.807, 2.05) is 13.8 Å². The van der Waals surface area contributed by atoms with Crippen LogP contribution in [0.2, 0.25) is 0 Å². The van der Waals surface area contributed by atoms with Crippen molar-refractivity contribution in [1.82, 2.24) is 5.32 Å². The van der Waals surface area contributed by atoms with E-state index in [-0.39, 0.29) is 11.6 Å². The maximum absolute atomic E-state index is 12.4. The normalized spacial score (nSPS) is 23.9. The SMILES string of the molecule is CC1(C)COCC(c2ccc(C(F)(F)F)cc2)N1. The zero-order chi connectivity index (χ0) is 13.4. The highest BCUT2D eigenvalue weighted by Gasteiger charge is 2.32. The summed E-state index contributed by atoms with van der Waals surface area (Å²) in [5, 5.41) is 3.36. The Bertz CT molecular complexity index is 411. The first-order chi connectivity index (χ1) is 8.28. The first kappa shape index (κ1) is 13.4. The van der Waals surface area contributed by atoms with Crippen LogP contribution in [-0.4, -0.2) is 18.8 Å². The summed E-state index contributed by atoms with van der Waals surface area (Å²) in [5.74, 6) is 0. The lowest BCUT2D eigenvalue weighted by molar-refractivity contribution is -0.137. The maximum atomic E-state index is 12.4. The molecule has 0 amide bonds. The highest BCUT2D eigenvalue weighted by atomic mass is 19.4. The van der Waals surface area contributed by atoms with Crippen LogP contribution in [0.3, 0.4) is 0 Å². The third-order valence-corrected chi connectivity index (χ3v) is 2.95. The van der Waals surface area contributed by atoms with E-state index in [0.29, 0.717) is 13.2 Å². The zero-order valence-corrected chi connectivity index (χ0v) is 10.3. The van der Waals surface area contributed by atoms with Gasteiger partial charge in [0, 0.05) is 5.54 Å². The fourth-order valence-corrected chi connectivity index (χ4v) is 2.07. The number of morpholine rings is 1. The van der Waals surface area contributed by atoms with E-state index in [4.69, 9.17) is 4.74 Å². The molecule has 1 saturated heterocycles. The van der Waals surface area contributed by atoms with Crippen LogP contribution in [-0.2, 0) is 10.9 Å². The van der Waals surface area contributed by atoms with Gasteiger partial charge in [-0.1, -0.05) is 12.1 Å². The summed E-state index contributed by atoms with van der Waals surface area (Å²) in [6.07, 6.45) is -4.28. The van der Waals surface area contributed by atoms with E-state index in [9.17, 15) is 13.2 Å².